The quantitative estimate of drug-likeness (QED) is 0.818. The Morgan fingerprint density at radius 1 is 1.33 bits per heavy atom. The van der Waals surface area contributed by atoms with Gasteiger partial charge in [0.05, 0.1) is 6.61 Å². The lowest BCUT2D eigenvalue weighted by Gasteiger charge is -2.28. The maximum atomic E-state index is 5.43. The van der Waals surface area contributed by atoms with Crippen LogP contribution < -0.4 is 5.32 Å². The van der Waals surface area contributed by atoms with E-state index in [0.29, 0.717) is 6.04 Å². The van der Waals surface area contributed by atoms with Crippen LogP contribution in [0.15, 0.2) is 30.3 Å². The van der Waals surface area contributed by atoms with Gasteiger partial charge in [-0.15, -0.1) is 0 Å². The molecule has 0 spiro atoms. The highest BCUT2D eigenvalue weighted by Gasteiger charge is 2.30. The van der Waals surface area contributed by atoms with E-state index in [2.05, 4.69) is 49.5 Å². The number of benzene rings is 1. The van der Waals surface area contributed by atoms with Gasteiger partial charge in [0.2, 0.25) is 0 Å². The van der Waals surface area contributed by atoms with Gasteiger partial charge in [-0.2, -0.15) is 0 Å². The number of hydrogen-bond donors (Lipinski definition) is 1. The normalized spacial score (nSPS) is 27.9. The first-order valence-electron chi connectivity index (χ1n) is 5.60. The fourth-order valence-corrected chi connectivity index (χ4v) is 2.13. The molecule has 1 N–H and O–H groups in total. The van der Waals surface area contributed by atoms with Gasteiger partial charge in [-0.1, -0.05) is 30.3 Å². The standard InChI is InChI=1S/C13H19NO/c1-11(12-6-4-3-5-7-12)14-13(2)8-9-15-10-13/h3-7,11,14H,8-10H2,1-2H3. The molecule has 1 aliphatic rings. The Morgan fingerprint density at radius 3 is 2.67 bits per heavy atom. The fourth-order valence-electron chi connectivity index (χ4n) is 2.13. The van der Waals surface area contributed by atoms with Crippen molar-refractivity contribution < 1.29 is 4.74 Å². The van der Waals surface area contributed by atoms with Crippen molar-refractivity contribution in [3.63, 3.8) is 0 Å². The van der Waals surface area contributed by atoms with Gasteiger partial charge >= 0.3 is 0 Å². The predicted molar refractivity (Wildman–Crippen MR) is 61.8 cm³/mol. The zero-order chi connectivity index (χ0) is 10.7. The predicted octanol–water partition coefficient (Wildman–Crippen LogP) is 2.52. The third-order valence-corrected chi connectivity index (χ3v) is 3.08. The molecule has 0 saturated carbocycles. The molecule has 1 fully saturated rings. The van der Waals surface area contributed by atoms with Gasteiger partial charge in [-0.25, -0.2) is 0 Å². The van der Waals surface area contributed by atoms with E-state index < -0.39 is 0 Å². The van der Waals surface area contributed by atoms with Crippen LogP contribution in [0.1, 0.15) is 31.9 Å². The summed E-state index contributed by atoms with van der Waals surface area (Å²) in [5, 5.41) is 3.65. The zero-order valence-corrected chi connectivity index (χ0v) is 9.49. The van der Waals surface area contributed by atoms with Gasteiger partial charge < -0.3 is 10.1 Å². The van der Waals surface area contributed by atoms with Crippen molar-refractivity contribution >= 4 is 0 Å². The SMILES string of the molecule is CC(NC1(C)CCOC1)c1ccccc1. The largest absolute Gasteiger partial charge is 0.379 e. The Morgan fingerprint density at radius 2 is 2.07 bits per heavy atom. The van der Waals surface area contributed by atoms with Crippen LogP contribution in [-0.2, 0) is 4.74 Å². The maximum Gasteiger partial charge on any atom is 0.0646 e. The summed E-state index contributed by atoms with van der Waals surface area (Å²) in [6.45, 7) is 6.15. The van der Waals surface area contributed by atoms with Crippen LogP contribution in [0.25, 0.3) is 0 Å². The first kappa shape index (κ1) is 10.7. The van der Waals surface area contributed by atoms with E-state index >= 15 is 0 Å². The molecule has 1 aromatic rings. The first-order chi connectivity index (χ1) is 7.20. The molecule has 1 saturated heterocycles. The molecule has 2 unspecified atom stereocenters. The average Bonchev–Trinajstić information content (AvgIpc) is 2.66. The lowest BCUT2D eigenvalue weighted by atomic mass is 9.98. The summed E-state index contributed by atoms with van der Waals surface area (Å²) in [4.78, 5) is 0. The van der Waals surface area contributed by atoms with Crippen LogP contribution >= 0.6 is 0 Å². The Bertz CT molecular complexity index is 304. The van der Waals surface area contributed by atoms with E-state index in [1.807, 2.05) is 0 Å². The molecule has 0 aromatic heterocycles. The van der Waals surface area contributed by atoms with Crippen LogP contribution in [0.3, 0.4) is 0 Å². The Hall–Kier alpha value is -0.860. The number of hydrogen-bond acceptors (Lipinski definition) is 2. The highest BCUT2D eigenvalue weighted by atomic mass is 16.5. The van der Waals surface area contributed by atoms with Gasteiger partial charge in [-0.05, 0) is 25.8 Å². The second-order valence-electron chi connectivity index (χ2n) is 4.64. The molecule has 2 atom stereocenters. The third-order valence-electron chi connectivity index (χ3n) is 3.08. The monoisotopic (exact) mass is 205 g/mol. The molecule has 2 nitrogen and oxygen atoms in total. The van der Waals surface area contributed by atoms with E-state index in [4.69, 9.17) is 4.74 Å². The molecule has 0 aliphatic carbocycles. The van der Waals surface area contributed by atoms with Crippen molar-refractivity contribution in [2.24, 2.45) is 0 Å². The van der Waals surface area contributed by atoms with E-state index in [1.165, 1.54) is 5.56 Å². The zero-order valence-electron chi connectivity index (χ0n) is 9.49. The van der Waals surface area contributed by atoms with Gasteiger partial charge in [0, 0.05) is 18.2 Å². The van der Waals surface area contributed by atoms with E-state index in [9.17, 15) is 0 Å². The van der Waals surface area contributed by atoms with Crippen molar-refractivity contribution in [3.8, 4) is 0 Å². The minimum absolute atomic E-state index is 0.148. The molecule has 0 amide bonds. The minimum atomic E-state index is 0.148. The van der Waals surface area contributed by atoms with E-state index in [1.54, 1.807) is 0 Å². The van der Waals surface area contributed by atoms with Crippen LogP contribution in [0, 0.1) is 0 Å². The highest BCUT2D eigenvalue weighted by Crippen LogP contribution is 2.22. The average molecular weight is 205 g/mol. The topological polar surface area (TPSA) is 21.3 Å². The summed E-state index contributed by atoms with van der Waals surface area (Å²) in [6.07, 6.45) is 1.10. The van der Waals surface area contributed by atoms with Gasteiger partial charge in [0.15, 0.2) is 0 Å². The van der Waals surface area contributed by atoms with E-state index in [-0.39, 0.29) is 5.54 Å². The molecule has 1 heterocycles. The van der Waals surface area contributed by atoms with Crippen LogP contribution in [0.5, 0.6) is 0 Å². The third kappa shape index (κ3) is 2.58. The summed E-state index contributed by atoms with van der Waals surface area (Å²) in [7, 11) is 0. The molecule has 0 bridgehead atoms. The Balaban J connectivity index is 2.00. The van der Waals surface area contributed by atoms with Crippen molar-refractivity contribution in [1.82, 2.24) is 5.32 Å². The molecular weight excluding hydrogens is 186 g/mol. The van der Waals surface area contributed by atoms with Crippen molar-refractivity contribution in [2.75, 3.05) is 13.2 Å². The maximum absolute atomic E-state index is 5.43. The Kier molecular flexibility index (Phi) is 3.08. The smallest absolute Gasteiger partial charge is 0.0646 e. The van der Waals surface area contributed by atoms with E-state index in [0.717, 1.165) is 19.6 Å². The second kappa shape index (κ2) is 4.33. The Labute approximate surface area is 91.6 Å². The van der Waals surface area contributed by atoms with Gasteiger partial charge in [-0.3, -0.25) is 0 Å². The molecule has 0 radical (unpaired) electrons. The summed E-state index contributed by atoms with van der Waals surface area (Å²) in [6, 6.07) is 10.9. The summed E-state index contributed by atoms with van der Waals surface area (Å²) in [5.74, 6) is 0. The summed E-state index contributed by atoms with van der Waals surface area (Å²) >= 11 is 0. The molecule has 15 heavy (non-hydrogen) atoms. The molecule has 82 valence electrons. The minimum Gasteiger partial charge on any atom is -0.379 e. The lowest BCUT2D eigenvalue weighted by molar-refractivity contribution is 0.167. The second-order valence-corrected chi connectivity index (χ2v) is 4.64. The van der Waals surface area contributed by atoms with Gasteiger partial charge in [0.25, 0.3) is 0 Å². The van der Waals surface area contributed by atoms with Gasteiger partial charge in [0.1, 0.15) is 0 Å². The number of nitrogens with one attached hydrogen (secondary N) is 1. The summed E-state index contributed by atoms with van der Waals surface area (Å²) < 4.78 is 5.43. The molecule has 2 rings (SSSR count). The fraction of sp³-hybridized carbons (Fsp3) is 0.538. The van der Waals surface area contributed by atoms with Crippen molar-refractivity contribution in [3.05, 3.63) is 35.9 Å². The number of ether oxygens (including phenoxy) is 1. The van der Waals surface area contributed by atoms with Crippen LogP contribution in [0.4, 0.5) is 0 Å². The molecule has 1 aromatic carbocycles. The first-order valence-corrected chi connectivity index (χ1v) is 5.60. The molecule has 1 aliphatic heterocycles. The lowest BCUT2D eigenvalue weighted by Crippen LogP contribution is -2.44. The highest BCUT2D eigenvalue weighted by molar-refractivity contribution is 5.18. The number of rotatable bonds is 3. The van der Waals surface area contributed by atoms with Crippen molar-refractivity contribution in [2.45, 2.75) is 31.8 Å². The summed E-state index contributed by atoms with van der Waals surface area (Å²) in [5.41, 5.74) is 1.49. The molecule has 2 heteroatoms. The molecular formula is C13H19NO. The van der Waals surface area contributed by atoms with Crippen molar-refractivity contribution in [1.29, 1.82) is 0 Å². The van der Waals surface area contributed by atoms with Crippen LogP contribution in [0.2, 0.25) is 0 Å². The van der Waals surface area contributed by atoms with Crippen LogP contribution in [-0.4, -0.2) is 18.8 Å².